The zero-order valence-electron chi connectivity index (χ0n) is 19.0. The first-order valence-electron chi connectivity index (χ1n) is 10.9. The third kappa shape index (κ3) is 5.34. The number of halogens is 3. The molecule has 35 heavy (non-hydrogen) atoms. The van der Waals surface area contributed by atoms with Crippen LogP contribution in [-0.4, -0.2) is 31.6 Å². The fraction of sp³-hybridized carbons (Fsp3) is 0.250. The molecule has 1 N–H and O–H groups in total. The summed E-state index contributed by atoms with van der Waals surface area (Å²) in [6, 6.07) is 14.2. The number of carbonyl (C=O) groups is 1. The van der Waals surface area contributed by atoms with Crippen LogP contribution in [0.25, 0.3) is 16.9 Å². The molecule has 2 aromatic carbocycles. The average Bonchev–Trinajstić information content (AvgIpc) is 3.14. The summed E-state index contributed by atoms with van der Waals surface area (Å²) >= 11 is 0. The van der Waals surface area contributed by atoms with Gasteiger partial charge in [0.25, 0.3) is 5.56 Å². The van der Waals surface area contributed by atoms with Gasteiger partial charge < -0.3 is 10.1 Å². The summed E-state index contributed by atoms with van der Waals surface area (Å²) in [5.41, 5.74) is 2.84. The molecule has 2 heterocycles. The number of alkyl halides is 3. The maximum Gasteiger partial charge on any atom is 0.573 e. The zero-order valence-corrected chi connectivity index (χ0v) is 19.0. The van der Waals surface area contributed by atoms with Gasteiger partial charge in [0.15, 0.2) is 5.65 Å². The van der Waals surface area contributed by atoms with Crippen molar-refractivity contribution in [3.05, 3.63) is 76.3 Å². The molecule has 0 bridgehead atoms. The molecule has 0 radical (unpaired) electrons. The smallest absolute Gasteiger partial charge is 0.406 e. The van der Waals surface area contributed by atoms with Gasteiger partial charge in [-0.25, -0.2) is 9.67 Å². The van der Waals surface area contributed by atoms with Crippen molar-refractivity contribution >= 4 is 22.8 Å². The Kier molecular flexibility index (Phi) is 6.59. The third-order valence-corrected chi connectivity index (χ3v) is 5.28. The van der Waals surface area contributed by atoms with E-state index in [0.29, 0.717) is 29.1 Å². The Morgan fingerprint density at radius 3 is 2.40 bits per heavy atom. The summed E-state index contributed by atoms with van der Waals surface area (Å²) in [6.07, 6.45) is -4.74. The Morgan fingerprint density at radius 2 is 1.77 bits per heavy atom. The van der Waals surface area contributed by atoms with E-state index in [4.69, 9.17) is 0 Å². The van der Waals surface area contributed by atoms with Crippen LogP contribution in [0.4, 0.5) is 18.9 Å². The van der Waals surface area contributed by atoms with E-state index in [9.17, 15) is 22.8 Å². The van der Waals surface area contributed by atoms with Gasteiger partial charge in [0.1, 0.15) is 17.0 Å². The highest BCUT2D eigenvalue weighted by Crippen LogP contribution is 2.24. The molecule has 0 aliphatic heterocycles. The van der Waals surface area contributed by atoms with Gasteiger partial charge in [-0.15, -0.1) is 13.2 Å². The minimum absolute atomic E-state index is 0.0376. The molecule has 0 fully saturated rings. The normalized spacial score (nSPS) is 11.6. The van der Waals surface area contributed by atoms with Crippen molar-refractivity contribution in [2.24, 2.45) is 0 Å². The lowest BCUT2D eigenvalue weighted by molar-refractivity contribution is -0.274. The van der Waals surface area contributed by atoms with Crippen LogP contribution in [0.3, 0.4) is 0 Å². The van der Waals surface area contributed by atoms with Crippen LogP contribution >= 0.6 is 0 Å². The maximum absolute atomic E-state index is 13.2. The molecule has 2 aromatic heterocycles. The molecule has 4 aromatic rings. The Balaban J connectivity index is 1.53. The van der Waals surface area contributed by atoms with Crippen LogP contribution in [0.5, 0.6) is 5.75 Å². The van der Waals surface area contributed by atoms with Gasteiger partial charge in [-0.3, -0.25) is 14.2 Å². The highest BCUT2D eigenvalue weighted by Gasteiger charge is 2.31. The summed E-state index contributed by atoms with van der Waals surface area (Å²) in [6.45, 7) is 4.05. The summed E-state index contributed by atoms with van der Waals surface area (Å²) < 4.78 is 43.9. The van der Waals surface area contributed by atoms with E-state index in [-0.39, 0.29) is 29.8 Å². The monoisotopic (exact) mass is 485 g/mol. The standard InChI is InChI=1S/C24H22F3N5O3/c1-3-31-22-21(15(2)30-32(22)17-7-5-4-6-8-17)29-19(23(31)34)13-14-20(33)28-16-9-11-18(12-10-16)35-24(25,26)27/h4-12H,3,13-14H2,1-2H3,(H,28,33). The van der Waals surface area contributed by atoms with Gasteiger partial charge in [0.05, 0.1) is 11.4 Å². The summed E-state index contributed by atoms with van der Waals surface area (Å²) in [5, 5.41) is 7.16. The molecule has 182 valence electrons. The highest BCUT2D eigenvalue weighted by atomic mass is 19.4. The van der Waals surface area contributed by atoms with Crippen LogP contribution < -0.4 is 15.6 Å². The number of amides is 1. The molecule has 0 aliphatic carbocycles. The number of fused-ring (bicyclic) bond motifs is 1. The first-order valence-corrected chi connectivity index (χ1v) is 10.9. The lowest BCUT2D eigenvalue weighted by atomic mass is 10.2. The van der Waals surface area contributed by atoms with E-state index in [1.54, 1.807) is 9.25 Å². The lowest BCUT2D eigenvalue weighted by Crippen LogP contribution is -2.27. The molecule has 0 unspecified atom stereocenters. The minimum atomic E-state index is -4.79. The molecular formula is C24H22F3N5O3. The molecule has 0 saturated heterocycles. The molecule has 0 aliphatic rings. The van der Waals surface area contributed by atoms with E-state index >= 15 is 0 Å². The van der Waals surface area contributed by atoms with Gasteiger partial charge in [0.2, 0.25) is 5.91 Å². The quantitative estimate of drug-likeness (QED) is 0.420. The van der Waals surface area contributed by atoms with E-state index in [1.807, 2.05) is 44.2 Å². The Hall–Kier alpha value is -4.15. The summed E-state index contributed by atoms with van der Waals surface area (Å²) in [5.74, 6) is -0.796. The second-order valence-electron chi connectivity index (χ2n) is 7.73. The van der Waals surface area contributed by atoms with Crippen molar-refractivity contribution in [2.45, 2.75) is 39.6 Å². The summed E-state index contributed by atoms with van der Waals surface area (Å²) in [4.78, 5) is 30.1. The predicted octanol–water partition coefficient (Wildman–Crippen LogP) is 4.38. The molecule has 11 heteroatoms. The van der Waals surface area contributed by atoms with Gasteiger partial charge in [-0.2, -0.15) is 5.10 Å². The largest absolute Gasteiger partial charge is 0.573 e. The predicted molar refractivity (Wildman–Crippen MR) is 124 cm³/mol. The second-order valence-corrected chi connectivity index (χ2v) is 7.73. The average molecular weight is 485 g/mol. The van der Waals surface area contributed by atoms with Crippen molar-refractivity contribution < 1.29 is 22.7 Å². The van der Waals surface area contributed by atoms with Gasteiger partial charge in [0, 0.05) is 25.1 Å². The van der Waals surface area contributed by atoms with E-state index in [2.05, 4.69) is 20.1 Å². The molecule has 0 atom stereocenters. The van der Waals surface area contributed by atoms with Crippen LogP contribution in [0, 0.1) is 6.92 Å². The number of nitrogens with one attached hydrogen (secondary N) is 1. The Bertz CT molecular complexity index is 1410. The third-order valence-electron chi connectivity index (χ3n) is 5.28. The number of benzene rings is 2. The molecule has 0 spiro atoms. The van der Waals surface area contributed by atoms with Crippen molar-refractivity contribution in [2.75, 3.05) is 5.32 Å². The number of hydrogen-bond donors (Lipinski definition) is 1. The number of carbonyl (C=O) groups excluding carboxylic acids is 1. The number of nitrogens with zero attached hydrogens (tertiary/aromatic N) is 4. The number of aromatic nitrogens is 4. The lowest BCUT2D eigenvalue weighted by Gasteiger charge is -2.11. The van der Waals surface area contributed by atoms with Gasteiger partial charge in [-0.1, -0.05) is 18.2 Å². The van der Waals surface area contributed by atoms with Crippen LogP contribution in [0.2, 0.25) is 0 Å². The number of aryl methyl sites for hydroxylation is 3. The van der Waals surface area contributed by atoms with Crippen LogP contribution in [-0.2, 0) is 17.8 Å². The molecule has 0 saturated carbocycles. The molecule has 1 amide bonds. The Morgan fingerprint density at radius 1 is 1.09 bits per heavy atom. The first-order chi connectivity index (χ1) is 16.7. The Labute approximate surface area is 198 Å². The van der Waals surface area contributed by atoms with Crippen molar-refractivity contribution in [3.8, 4) is 11.4 Å². The van der Waals surface area contributed by atoms with Crippen LogP contribution in [0.15, 0.2) is 59.4 Å². The SMILES string of the molecule is CCn1c(=O)c(CCC(=O)Nc2ccc(OC(F)(F)F)cc2)nc2c(C)nn(-c3ccccc3)c21. The minimum Gasteiger partial charge on any atom is -0.406 e. The van der Waals surface area contributed by atoms with Crippen molar-refractivity contribution in [3.63, 3.8) is 0 Å². The first kappa shape index (κ1) is 24.0. The topological polar surface area (TPSA) is 91.0 Å². The fourth-order valence-corrected chi connectivity index (χ4v) is 3.72. The highest BCUT2D eigenvalue weighted by molar-refractivity contribution is 5.90. The maximum atomic E-state index is 13.2. The van der Waals surface area contributed by atoms with E-state index in [1.165, 1.54) is 12.1 Å². The molecule has 8 nitrogen and oxygen atoms in total. The van der Waals surface area contributed by atoms with Crippen molar-refractivity contribution in [1.29, 1.82) is 0 Å². The number of anilines is 1. The number of para-hydroxylation sites is 1. The summed E-state index contributed by atoms with van der Waals surface area (Å²) in [7, 11) is 0. The van der Waals surface area contributed by atoms with Crippen molar-refractivity contribution in [1.82, 2.24) is 19.3 Å². The van der Waals surface area contributed by atoms with Crippen LogP contribution in [0.1, 0.15) is 24.7 Å². The zero-order chi connectivity index (χ0) is 25.2. The van der Waals surface area contributed by atoms with E-state index in [0.717, 1.165) is 17.8 Å². The van der Waals surface area contributed by atoms with E-state index < -0.39 is 12.3 Å². The molecule has 4 rings (SSSR count). The second kappa shape index (κ2) is 9.61. The number of ether oxygens (including phenoxy) is 1. The molecular weight excluding hydrogens is 463 g/mol. The number of rotatable bonds is 7. The fourth-order valence-electron chi connectivity index (χ4n) is 3.72. The number of hydrogen-bond acceptors (Lipinski definition) is 5. The van der Waals surface area contributed by atoms with Gasteiger partial charge >= 0.3 is 6.36 Å². The van der Waals surface area contributed by atoms with Gasteiger partial charge in [-0.05, 0) is 50.2 Å².